The Kier molecular flexibility index (Phi) is 4.80. The first-order valence-electron chi connectivity index (χ1n) is 6.85. The molecule has 1 saturated heterocycles. The van der Waals surface area contributed by atoms with Crippen molar-refractivity contribution in [2.24, 2.45) is 0 Å². The Morgan fingerprint density at radius 3 is 2.74 bits per heavy atom. The Bertz CT molecular complexity index is 411. The van der Waals surface area contributed by atoms with Crippen LogP contribution in [0.25, 0.3) is 0 Å². The third-order valence-electron chi connectivity index (χ3n) is 3.50. The number of benzene rings is 1. The third-order valence-corrected chi connectivity index (χ3v) is 3.50. The molecule has 4 nitrogen and oxygen atoms in total. The minimum absolute atomic E-state index is 0.107. The van der Waals surface area contributed by atoms with Gasteiger partial charge in [-0.25, -0.2) is 0 Å². The van der Waals surface area contributed by atoms with E-state index in [4.69, 9.17) is 10.5 Å². The van der Waals surface area contributed by atoms with E-state index in [2.05, 4.69) is 0 Å². The molecule has 0 spiro atoms. The van der Waals surface area contributed by atoms with Gasteiger partial charge in [-0.15, -0.1) is 0 Å². The van der Waals surface area contributed by atoms with Crippen LogP contribution in [0.2, 0.25) is 0 Å². The monoisotopic (exact) mass is 262 g/mol. The van der Waals surface area contributed by atoms with Gasteiger partial charge in [-0.2, -0.15) is 0 Å². The van der Waals surface area contributed by atoms with Crippen LogP contribution in [0.1, 0.15) is 31.2 Å². The quantitative estimate of drug-likeness (QED) is 0.846. The van der Waals surface area contributed by atoms with E-state index in [1.54, 1.807) is 4.90 Å². The summed E-state index contributed by atoms with van der Waals surface area (Å²) < 4.78 is 5.60. The molecular weight excluding hydrogens is 240 g/mol. The highest BCUT2D eigenvalue weighted by Crippen LogP contribution is 2.17. The highest BCUT2D eigenvalue weighted by atomic mass is 16.5. The minimum atomic E-state index is 0.107. The molecule has 1 heterocycles. The lowest BCUT2D eigenvalue weighted by molar-refractivity contribution is -0.134. The van der Waals surface area contributed by atoms with Crippen LogP contribution in [0.15, 0.2) is 24.3 Å². The van der Waals surface area contributed by atoms with E-state index in [9.17, 15) is 4.79 Å². The van der Waals surface area contributed by atoms with Crippen LogP contribution in [0.5, 0.6) is 0 Å². The SMILES string of the molecule is CN(Cc1ccc(N)cc1)C(=O)CC1CCCCO1. The third kappa shape index (κ3) is 4.24. The zero-order valence-corrected chi connectivity index (χ0v) is 11.5. The fraction of sp³-hybridized carbons (Fsp3) is 0.533. The molecule has 1 unspecified atom stereocenters. The van der Waals surface area contributed by atoms with Crippen LogP contribution in [0, 0.1) is 0 Å². The Hall–Kier alpha value is -1.55. The first-order valence-corrected chi connectivity index (χ1v) is 6.85. The number of hydrogen-bond acceptors (Lipinski definition) is 3. The Labute approximate surface area is 114 Å². The van der Waals surface area contributed by atoms with E-state index in [0.29, 0.717) is 13.0 Å². The van der Waals surface area contributed by atoms with Crippen molar-refractivity contribution in [3.63, 3.8) is 0 Å². The van der Waals surface area contributed by atoms with Crippen LogP contribution in [0.3, 0.4) is 0 Å². The number of rotatable bonds is 4. The van der Waals surface area contributed by atoms with Crippen molar-refractivity contribution in [1.82, 2.24) is 4.90 Å². The van der Waals surface area contributed by atoms with Crippen molar-refractivity contribution < 1.29 is 9.53 Å². The van der Waals surface area contributed by atoms with Gasteiger partial charge in [0.2, 0.25) is 5.91 Å². The van der Waals surface area contributed by atoms with Crippen molar-refractivity contribution in [1.29, 1.82) is 0 Å². The van der Waals surface area contributed by atoms with Crippen molar-refractivity contribution in [2.75, 3.05) is 19.4 Å². The summed E-state index contributed by atoms with van der Waals surface area (Å²) in [7, 11) is 1.83. The average molecular weight is 262 g/mol. The number of nitrogen functional groups attached to an aromatic ring is 1. The molecule has 1 aliphatic rings. The predicted octanol–water partition coefficient (Wildman–Crippen LogP) is 2.19. The topological polar surface area (TPSA) is 55.6 Å². The van der Waals surface area contributed by atoms with Gasteiger partial charge >= 0.3 is 0 Å². The van der Waals surface area contributed by atoms with Gasteiger partial charge in [0, 0.05) is 25.9 Å². The van der Waals surface area contributed by atoms with Gasteiger partial charge in [0.25, 0.3) is 0 Å². The Morgan fingerprint density at radius 1 is 1.37 bits per heavy atom. The van der Waals surface area contributed by atoms with E-state index in [-0.39, 0.29) is 12.0 Å². The summed E-state index contributed by atoms with van der Waals surface area (Å²) in [5, 5.41) is 0. The molecule has 0 radical (unpaired) electrons. The van der Waals surface area contributed by atoms with E-state index in [1.807, 2.05) is 31.3 Å². The van der Waals surface area contributed by atoms with Crippen LogP contribution < -0.4 is 5.73 Å². The number of carbonyl (C=O) groups is 1. The molecular formula is C15H22N2O2. The predicted molar refractivity (Wildman–Crippen MR) is 75.5 cm³/mol. The van der Waals surface area contributed by atoms with Gasteiger partial charge in [-0.1, -0.05) is 12.1 Å². The first-order chi connectivity index (χ1) is 9.15. The smallest absolute Gasteiger partial charge is 0.225 e. The maximum Gasteiger partial charge on any atom is 0.225 e. The lowest BCUT2D eigenvalue weighted by Gasteiger charge is -2.25. The number of nitrogens with two attached hydrogens (primary N) is 1. The van der Waals surface area contributed by atoms with Gasteiger partial charge in [0.15, 0.2) is 0 Å². The molecule has 2 rings (SSSR count). The van der Waals surface area contributed by atoms with Gasteiger partial charge in [-0.05, 0) is 37.0 Å². The van der Waals surface area contributed by atoms with E-state index < -0.39 is 0 Å². The Morgan fingerprint density at radius 2 is 2.11 bits per heavy atom. The van der Waals surface area contributed by atoms with Gasteiger partial charge in [-0.3, -0.25) is 4.79 Å². The van der Waals surface area contributed by atoms with E-state index in [0.717, 1.165) is 30.7 Å². The summed E-state index contributed by atoms with van der Waals surface area (Å²) >= 11 is 0. The second kappa shape index (κ2) is 6.57. The number of anilines is 1. The molecule has 1 aliphatic heterocycles. The molecule has 1 atom stereocenters. The molecule has 1 fully saturated rings. The highest BCUT2D eigenvalue weighted by molar-refractivity contribution is 5.76. The summed E-state index contributed by atoms with van der Waals surface area (Å²) in [5.74, 6) is 0.142. The second-order valence-electron chi connectivity index (χ2n) is 5.18. The molecule has 0 aromatic heterocycles. The van der Waals surface area contributed by atoms with E-state index >= 15 is 0 Å². The van der Waals surface area contributed by atoms with Crippen LogP contribution in [-0.2, 0) is 16.1 Å². The van der Waals surface area contributed by atoms with Crippen LogP contribution in [0.4, 0.5) is 5.69 Å². The molecule has 2 N–H and O–H groups in total. The second-order valence-corrected chi connectivity index (χ2v) is 5.18. The fourth-order valence-corrected chi connectivity index (χ4v) is 2.30. The van der Waals surface area contributed by atoms with E-state index in [1.165, 1.54) is 6.42 Å². The summed E-state index contributed by atoms with van der Waals surface area (Å²) in [5.41, 5.74) is 7.48. The number of ether oxygens (including phenoxy) is 1. The fourth-order valence-electron chi connectivity index (χ4n) is 2.30. The largest absolute Gasteiger partial charge is 0.399 e. The molecule has 19 heavy (non-hydrogen) atoms. The normalized spacial score (nSPS) is 19.1. The number of nitrogens with zero attached hydrogens (tertiary/aromatic N) is 1. The molecule has 0 saturated carbocycles. The average Bonchev–Trinajstić information content (AvgIpc) is 2.42. The number of amides is 1. The van der Waals surface area contributed by atoms with Crippen LogP contribution >= 0.6 is 0 Å². The van der Waals surface area contributed by atoms with Crippen molar-refractivity contribution in [3.05, 3.63) is 29.8 Å². The molecule has 0 bridgehead atoms. The zero-order chi connectivity index (χ0) is 13.7. The van der Waals surface area contributed by atoms with Gasteiger partial charge in [0.05, 0.1) is 12.5 Å². The molecule has 1 amide bonds. The Balaban J connectivity index is 1.83. The zero-order valence-electron chi connectivity index (χ0n) is 11.5. The summed E-state index contributed by atoms with van der Waals surface area (Å²) in [4.78, 5) is 13.9. The molecule has 1 aromatic carbocycles. The summed E-state index contributed by atoms with van der Waals surface area (Å²) in [6, 6.07) is 7.63. The molecule has 1 aromatic rings. The van der Waals surface area contributed by atoms with Crippen molar-refractivity contribution in [3.8, 4) is 0 Å². The van der Waals surface area contributed by atoms with Gasteiger partial charge < -0.3 is 15.4 Å². The number of hydrogen-bond donors (Lipinski definition) is 1. The number of carbonyl (C=O) groups excluding carboxylic acids is 1. The standard InChI is InChI=1S/C15H22N2O2/c1-17(11-12-5-7-13(16)8-6-12)15(18)10-14-4-2-3-9-19-14/h5-8,14H,2-4,9-11,16H2,1H3. The van der Waals surface area contributed by atoms with Crippen LogP contribution in [-0.4, -0.2) is 30.6 Å². The lowest BCUT2D eigenvalue weighted by Crippen LogP contribution is -2.31. The molecule has 0 aliphatic carbocycles. The lowest BCUT2D eigenvalue weighted by atomic mass is 10.1. The summed E-state index contributed by atoms with van der Waals surface area (Å²) in [6.07, 6.45) is 3.88. The molecule has 104 valence electrons. The molecule has 4 heteroatoms. The maximum atomic E-state index is 12.1. The van der Waals surface area contributed by atoms with Crippen molar-refractivity contribution >= 4 is 11.6 Å². The van der Waals surface area contributed by atoms with Crippen molar-refractivity contribution in [2.45, 2.75) is 38.3 Å². The minimum Gasteiger partial charge on any atom is -0.399 e. The van der Waals surface area contributed by atoms with Gasteiger partial charge in [0.1, 0.15) is 0 Å². The highest BCUT2D eigenvalue weighted by Gasteiger charge is 2.19. The maximum absolute atomic E-state index is 12.1. The summed E-state index contributed by atoms with van der Waals surface area (Å²) in [6.45, 7) is 1.41. The first kappa shape index (κ1) is 13.9.